The van der Waals surface area contributed by atoms with Crippen LogP contribution in [0.25, 0.3) is 0 Å². The standard InChI is InChI=1S/C8H10N2O/c1-4-8(3,11)7-5-6(2)9-10-7/h1,5,11H,2-3H3,(H,9,10)/t8-/m1/s1. The number of terminal acetylenes is 1. The van der Waals surface area contributed by atoms with E-state index < -0.39 is 5.60 Å². The average molecular weight is 150 g/mol. The lowest BCUT2D eigenvalue weighted by Crippen LogP contribution is -2.18. The first kappa shape index (κ1) is 7.83. The summed E-state index contributed by atoms with van der Waals surface area (Å²) in [5.74, 6) is 2.24. The van der Waals surface area contributed by atoms with Gasteiger partial charge in [-0.3, -0.25) is 5.10 Å². The molecule has 1 heterocycles. The molecule has 58 valence electrons. The molecular weight excluding hydrogens is 140 g/mol. The van der Waals surface area contributed by atoms with Crippen molar-refractivity contribution in [2.45, 2.75) is 19.4 Å². The van der Waals surface area contributed by atoms with Gasteiger partial charge < -0.3 is 5.11 Å². The van der Waals surface area contributed by atoms with E-state index in [4.69, 9.17) is 6.42 Å². The Morgan fingerprint density at radius 2 is 2.45 bits per heavy atom. The Labute approximate surface area is 65.4 Å². The largest absolute Gasteiger partial charge is 0.372 e. The minimum absolute atomic E-state index is 0.484. The molecule has 0 spiro atoms. The minimum Gasteiger partial charge on any atom is -0.372 e. The second kappa shape index (κ2) is 2.40. The fourth-order valence-corrected chi connectivity index (χ4v) is 0.741. The van der Waals surface area contributed by atoms with E-state index in [0.717, 1.165) is 5.69 Å². The van der Waals surface area contributed by atoms with Crippen molar-refractivity contribution in [2.24, 2.45) is 0 Å². The van der Waals surface area contributed by atoms with Crippen LogP contribution in [-0.2, 0) is 5.60 Å². The predicted molar refractivity (Wildman–Crippen MR) is 41.7 cm³/mol. The fourth-order valence-electron chi connectivity index (χ4n) is 0.741. The molecule has 1 aromatic heterocycles. The van der Waals surface area contributed by atoms with Crippen LogP contribution in [-0.4, -0.2) is 15.3 Å². The van der Waals surface area contributed by atoms with Gasteiger partial charge in [0.05, 0.1) is 0 Å². The monoisotopic (exact) mass is 150 g/mol. The molecule has 0 unspecified atom stereocenters. The van der Waals surface area contributed by atoms with Crippen LogP contribution in [0.4, 0.5) is 0 Å². The van der Waals surface area contributed by atoms with Crippen LogP contribution in [0, 0.1) is 19.3 Å². The number of aryl methyl sites for hydroxylation is 1. The Morgan fingerprint density at radius 3 is 2.82 bits per heavy atom. The van der Waals surface area contributed by atoms with Gasteiger partial charge >= 0.3 is 0 Å². The SMILES string of the molecule is C#C[C@@](C)(O)c1cc(C)[nH]n1. The van der Waals surface area contributed by atoms with Crippen molar-refractivity contribution in [1.82, 2.24) is 10.2 Å². The van der Waals surface area contributed by atoms with E-state index in [1.807, 2.05) is 6.92 Å². The van der Waals surface area contributed by atoms with Crippen molar-refractivity contribution >= 4 is 0 Å². The van der Waals surface area contributed by atoms with Gasteiger partial charge in [0.2, 0.25) is 0 Å². The Bertz CT molecular complexity index is 293. The maximum Gasteiger partial charge on any atom is 0.166 e. The smallest absolute Gasteiger partial charge is 0.166 e. The number of hydrogen-bond donors (Lipinski definition) is 2. The maximum absolute atomic E-state index is 9.49. The molecule has 0 aromatic carbocycles. The quantitative estimate of drug-likeness (QED) is 0.574. The van der Waals surface area contributed by atoms with Gasteiger partial charge in [-0.2, -0.15) is 5.10 Å². The van der Waals surface area contributed by atoms with Gasteiger partial charge in [-0.05, 0) is 19.9 Å². The lowest BCUT2D eigenvalue weighted by molar-refractivity contribution is 0.117. The van der Waals surface area contributed by atoms with E-state index in [-0.39, 0.29) is 0 Å². The zero-order chi connectivity index (χ0) is 8.48. The maximum atomic E-state index is 9.49. The highest BCUT2D eigenvalue weighted by atomic mass is 16.3. The topological polar surface area (TPSA) is 48.9 Å². The van der Waals surface area contributed by atoms with E-state index in [1.54, 1.807) is 6.07 Å². The van der Waals surface area contributed by atoms with Crippen LogP contribution in [0.5, 0.6) is 0 Å². The van der Waals surface area contributed by atoms with Crippen LogP contribution in [0.15, 0.2) is 6.07 Å². The number of H-pyrrole nitrogens is 1. The third-order valence-electron chi connectivity index (χ3n) is 1.49. The van der Waals surface area contributed by atoms with E-state index in [0.29, 0.717) is 5.69 Å². The van der Waals surface area contributed by atoms with Crippen LogP contribution in [0.3, 0.4) is 0 Å². The van der Waals surface area contributed by atoms with Crippen molar-refractivity contribution in [3.63, 3.8) is 0 Å². The van der Waals surface area contributed by atoms with Crippen LogP contribution in [0.2, 0.25) is 0 Å². The van der Waals surface area contributed by atoms with Crippen LogP contribution >= 0.6 is 0 Å². The Hall–Kier alpha value is -1.27. The Balaban J connectivity index is 3.04. The molecule has 3 heteroatoms. The summed E-state index contributed by atoms with van der Waals surface area (Å²) in [6, 6.07) is 1.72. The molecule has 1 aromatic rings. The fraction of sp³-hybridized carbons (Fsp3) is 0.375. The summed E-state index contributed by atoms with van der Waals surface area (Å²) in [6.07, 6.45) is 5.09. The van der Waals surface area contributed by atoms with Gasteiger partial charge in [0.25, 0.3) is 0 Å². The number of aromatic nitrogens is 2. The summed E-state index contributed by atoms with van der Waals surface area (Å²) >= 11 is 0. The number of hydrogen-bond acceptors (Lipinski definition) is 2. The highest BCUT2D eigenvalue weighted by molar-refractivity contribution is 5.23. The molecular formula is C8H10N2O. The summed E-state index contributed by atoms with van der Waals surface area (Å²) in [5.41, 5.74) is 0.109. The lowest BCUT2D eigenvalue weighted by Gasteiger charge is -2.11. The van der Waals surface area contributed by atoms with Crippen molar-refractivity contribution in [2.75, 3.05) is 0 Å². The molecule has 0 bridgehead atoms. The van der Waals surface area contributed by atoms with E-state index in [9.17, 15) is 5.11 Å². The number of aliphatic hydroxyl groups is 1. The number of rotatable bonds is 1. The Morgan fingerprint density at radius 1 is 1.82 bits per heavy atom. The van der Waals surface area contributed by atoms with Gasteiger partial charge in [-0.1, -0.05) is 5.92 Å². The molecule has 2 N–H and O–H groups in total. The summed E-state index contributed by atoms with van der Waals surface area (Å²) in [4.78, 5) is 0. The first-order valence-electron chi connectivity index (χ1n) is 3.29. The molecule has 0 saturated carbocycles. The molecule has 0 amide bonds. The molecule has 11 heavy (non-hydrogen) atoms. The first-order valence-corrected chi connectivity index (χ1v) is 3.29. The first-order chi connectivity index (χ1) is 5.06. The average Bonchev–Trinajstić information content (AvgIpc) is 2.36. The lowest BCUT2D eigenvalue weighted by atomic mass is 10.0. The number of nitrogens with zero attached hydrogens (tertiary/aromatic N) is 1. The number of aromatic amines is 1. The molecule has 0 radical (unpaired) electrons. The molecule has 0 fully saturated rings. The zero-order valence-electron chi connectivity index (χ0n) is 6.55. The summed E-state index contributed by atoms with van der Waals surface area (Å²) in [5, 5.41) is 16.0. The summed E-state index contributed by atoms with van der Waals surface area (Å²) in [6.45, 7) is 3.38. The molecule has 0 aliphatic carbocycles. The minimum atomic E-state index is -1.26. The van der Waals surface area contributed by atoms with Crippen molar-refractivity contribution in [3.8, 4) is 12.3 Å². The van der Waals surface area contributed by atoms with Crippen LogP contribution in [0.1, 0.15) is 18.3 Å². The molecule has 0 aliphatic heterocycles. The molecule has 1 rings (SSSR count). The van der Waals surface area contributed by atoms with Crippen LogP contribution < -0.4 is 0 Å². The van der Waals surface area contributed by atoms with Gasteiger partial charge in [-0.25, -0.2) is 0 Å². The second-order valence-electron chi connectivity index (χ2n) is 2.65. The van der Waals surface area contributed by atoms with E-state index in [1.165, 1.54) is 6.92 Å². The van der Waals surface area contributed by atoms with E-state index in [2.05, 4.69) is 16.1 Å². The van der Waals surface area contributed by atoms with Gasteiger partial charge in [0.1, 0.15) is 5.69 Å². The third-order valence-corrected chi connectivity index (χ3v) is 1.49. The van der Waals surface area contributed by atoms with Gasteiger partial charge in [0, 0.05) is 5.69 Å². The Kier molecular flexibility index (Phi) is 1.71. The van der Waals surface area contributed by atoms with E-state index >= 15 is 0 Å². The summed E-state index contributed by atoms with van der Waals surface area (Å²) < 4.78 is 0. The third kappa shape index (κ3) is 1.41. The van der Waals surface area contributed by atoms with Crippen molar-refractivity contribution < 1.29 is 5.11 Å². The molecule has 1 atom stereocenters. The predicted octanol–water partition coefficient (Wildman–Crippen LogP) is 0.559. The normalized spacial score (nSPS) is 15.5. The van der Waals surface area contributed by atoms with Crippen molar-refractivity contribution in [1.29, 1.82) is 0 Å². The summed E-state index contributed by atoms with van der Waals surface area (Å²) in [7, 11) is 0. The number of nitrogens with one attached hydrogen (secondary N) is 1. The second-order valence-corrected chi connectivity index (χ2v) is 2.65. The van der Waals surface area contributed by atoms with Gasteiger partial charge in [-0.15, -0.1) is 6.42 Å². The molecule has 0 saturated heterocycles. The highest BCUT2D eigenvalue weighted by Gasteiger charge is 2.22. The molecule has 3 nitrogen and oxygen atoms in total. The van der Waals surface area contributed by atoms with Gasteiger partial charge in [0.15, 0.2) is 5.60 Å². The zero-order valence-corrected chi connectivity index (χ0v) is 6.55. The van der Waals surface area contributed by atoms with Crippen molar-refractivity contribution in [3.05, 3.63) is 17.5 Å². The highest BCUT2D eigenvalue weighted by Crippen LogP contribution is 2.16. The molecule has 0 aliphatic rings.